The van der Waals surface area contributed by atoms with Crippen LogP contribution in [0.5, 0.6) is 11.9 Å². The summed E-state index contributed by atoms with van der Waals surface area (Å²) in [6, 6.07) is 8.42. The van der Waals surface area contributed by atoms with Crippen molar-refractivity contribution < 1.29 is 23.8 Å². The summed E-state index contributed by atoms with van der Waals surface area (Å²) in [6.45, 7) is 1.18. The van der Waals surface area contributed by atoms with Gasteiger partial charge in [-0.25, -0.2) is 9.78 Å². The Labute approximate surface area is 157 Å². The number of likely N-dealkylation sites (tertiary alicyclic amines) is 1. The standard InChI is InChI=1S/C19H21N3O5/c1-25-18(24)14-5-3-13(4-6-14)17(23)22-11-8-15(9-12-22)27-16-7-10-20-19(21-16)26-2/h3-7,10,15H,8-9,11-12H2,1-2H3. The summed E-state index contributed by atoms with van der Waals surface area (Å²) in [5.41, 5.74) is 0.962. The third-order valence-corrected chi connectivity index (χ3v) is 4.36. The molecule has 0 aliphatic carbocycles. The van der Waals surface area contributed by atoms with E-state index < -0.39 is 5.97 Å². The van der Waals surface area contributed by atoms with Crippen molar-refractivity contribution in [2.24, 2.45) is 0 Å². The zero-order valence-corrected chi connectivity index (χ0v) is 15.3. The molecule has 8 heteroatoms. The van der Waals surface area contributed by atoms with Gasteiger partial charge in [-0.2, -0.15) is 4.98 Å². The maximum atomic E-state index is 12.6. The van der Waals surface area contributed by atoms with Gasteiger partial charge in [0.25, 0.3) is 5.91 Å². The van der Waals surface area contributed by atoms with Crippen molar-refractivity contribution in [3.05, 3.63) is 47.7 Å². The fraction of sp³-hybridized carbons (Fsp3) is 0.368. The van der Waals surface area contributed by atoms with Crippen LogP contribution < -0.4 is 9.47 Å². The van der Waals surface area contributed by atoms with Crippen LogP contribution in [0.3, 0.4) is 0 Å². The van der Waals surface area contributed by atoms with E-state index in [2.05, 4.69) is 14.7 Å². The van der Waals surface area contributed by atoms with E-state index in [4.69, 9.17) is 9.47 Å². The number of rotatable bonds is 5. The Morgan fingerprint density at radius 1 is 1.04 bits per heavy atom. The largest absolute Gasteiger partial charge is 0.474 e. The van der Waals surface area contributed by atoms with Crippen LogP contribution in [0.25, 0.3) is 0 Å². The van der Waals surface area contributed by atoms with Crippen LogP contribution in [0, 0.1) is 0 Å². The van der Waals surface area contributed by atoms with Gasteiger partial charge in [-0.15, -0.1) is 0 Å². The molecule has 8 nitrogen and oxygen atoms in total. The van der Waals surface area contributed by atoms with E-state index >= 15 is 0 Å². The molecule has 142 valence electrons. The highest BCUT2D eigenvalue weighted by atomic mass is 16.5. The van der Waals surface area contributed by atoms with E-state index in [1.165, 1.54) is 14.2 Å². The van der Waals surface area contributed by atoms with Gasteiger partial charge in [-0.3, -0.25) is 4.79 Å². The molecule has 1 saturated heterocycles. The molecule has 0 atom stereocenters. The number of hydrogen-bond donors (Lipinski definition) is 0. The van der Waals surface area contributed by atoms with Crippen LogP contribution in [0.2, 0.25) is 0 Å². The first-order chi connectivity index (χ1) is 13.1. The van der Waals surface area contributed by atoms with Crippen molar-refractivity contribution in [1.82, 2.24) is 14.9 Å². The summed E-state index contributed by atoms with van der Waals surface area (Å²) < 4.78 is 15.5. The zero-order valence-electron chi connectivity index (χ0n) is 15.3. The minimum Gasteiger partial charge on any atom is -0.474 e. The molecule has 1 aliphatic heterocycles. The van der Waals surface area contributed by atoms with Crippen LogP contribution in [-0.4, -0.2) is 60.2 Å². The quantitative estimate of drug-likeness (QED) is 0.742. The highest BCUT2D eigenvalue weighted by molar-refractivity contribution is 5.96. The van der Waals surface area contributed by atoms with Gasteiger partial charge in [0.2, 0.25) is 5.88 Å². The number of ether oxygens (including phenoxy) is 3. The number of benzene rings is 1. The van der Waals surface area contributed by atoms with Crippen LogP contribution in [0.15, 0.2) is 36.5 Å². The van der Waals surface area contributed by atoms with Crippen LogP contribution >= 0.6 is 0 Å². The molecular formula is C19H21N3O5. The molecule has 1 amide bonds. The highest BCUT2D eigenvalue weighted by Crippen LogP contribution is 2.20. The molecule has 3 rings (SSSR count). The lowest BCUT2D eigenvalue weighted by Gasteiger charge is -2.32. The molecule has 0 radical (unpaired) electrons. The molecule has 0 unspecified atom stereocenters. The summed E-state index contributed by atoms with van der Waals surface area (Å²) in [5.74, 6) is -0.0214. The van der Waals surface area contributed by atoms with Crippen molar-refractivity contribution in [2.45, 2.75) is 18.9 Å². The lowest BCUT2D eigenvalue weighted by molar-refractivity contribution is 0.0578. The third kappa shape index (κ3) is 4.52. The van der Waals surface area contributed by atoms with Gasteiger partial charge in [0.1, 0.15) is 6.10 Å². The fourth-order valence-corrected chi connectivity index (χ4v) is 2.89. The number of methoxy groups -OCH3 is 2. The molecule has 2 aromatic rings. The first-order valence-corrected chi connectivity index (χ1v) is 8.62. The number of amides is 1. The summed E-state index contributed by atoms with van der Waals surface area (Å²) in [4.78, 5) is 34.0. The Balaban J connectivity index is 1.55. The number of hydrogen-bond acceptors (Lipinski definition) is 7. The Morgan fingerprint density at radius 2 is 1.70 bits per heavy atom. The second-order valence-corrected chi connectivity index (χ2v) is 6.06. The van der Waals surface area contributed by atoms with Crippen molar-refractivity contribution in [2.75, 3.05) is 27.3 Å². The Morgan fingerprint density at radius 3 is 2.33 bits per heavy atom. The van der Waals surface area contributed by atoms with Gasteiger partial charge in [-0.1, -0.05) is 0 Å². The summed E-state index contributed by atoms with van der Waals surface area (Å²) >= 11 is 0. The molecular weight excluding hydrogens is 350 g/mol. The van der Waals surface area contributed by atoms with Crippen molar-refractivity contribution >= 4 is 11.9 Å². The Kier molecular flexibility index (Phi) is 5.85. The first kappa shape index (κ1) is 18.6. The molecule has 1 aromatic carbocycles. The van der Waals surface area contributed by atoms with Gasteiger partial charge in [0.05, 0.1) is 19.8 Å². The van der Waals surface area contributed by atoms with E-state index in [0.717, 1.165) is 0 Å². The average molecular weight is 371 g/mol. The summed E-state index contributed by atoms with van der Waals surface area (Å²) in [5, 5.41) is 0. The van der Waals surface area contributed by atoms with Gasteiger partial charge >= 0.3 is 12.0 Å². The molecule has 0 saturated carbocycles. The second-order valence-electron chi connectivity index (χ2n) is 6.06. The number of nitrogens with zero attached hydrogens (tertiary/aromatic N) is 3. The average Bonchev–Trinajstić information content (AvgIpc) is 2.73. The third-order valence-electron chi connectivity index (χ3n) is 4.36. The highest BCUT2D eigenvalue weighted by Gasteiger charge is 2.25. The van der Waals surface area contributed by atoms with E-state index in [9.17, 15) is 9.59 Å². The van der Waals surface area contributed by atoms with Crippen molar-refractivity contribution in [3.8, 4) is 11.9 Å². The lowest BCUT2D eigenvalue weighted by atomic mass is 10.1. The smallest absolute Gasteiger partial charge is 0.337 e. The van der Waals surface area contributed by atoms with E-state index in [1.54, 1.807) is 41.4 Å². The Bertz CT molecular complexity index is 801. The fourth-order valence-electron chi connectivity index (χ4n) is 2.89. The van der Waals surface area contributed by atoms with Gasteiger partial charge < -0.3 is 19.1 Å². The molecule has 1 aliphatic rings. The lowest BCUT2D eigenvalue weighted by Crippen LogP contribution is -2.41. The molecule has 1 aromatic heterocycles. The number of carbonyl (C=O) groups is 2. The number of piperidine rings is 1. The minimum atomic E-state index is -0.423. The van der Waals surface area contributed by atoms with E-state index in [0.29, 0.717) is 42.9 Å². The molecule has 0 N–H and O–H groups in total. The van der Waals surface area contributed by atoms with Crippen LogP contribution in [-0.2, 0) is 4.74 Å². The van der Waals surface area contributed by atoms with E-state index in [1.807, 2.05) is 0 Å². The Hall–Kier alpha value is -3.16. The zero-order chi connectivity index (χ0) is 19.2. The summed E-state index contributed by atoms with van der Waals surface area (Å²) in [6.07, 6.45) is 2.98. The molecule has 0 spiro atoms. The maximum Gasteiger partial charge on any atom is 0.337 e. The van der Waals surface area contributed by atoms with Crippen molar-refractivity contribution in [1.29, 1.82) is 0 Å². The number of esters is 1. The minimum absolute atomic E-state index is 0.0182. The number of carbonyl (C=O) groups excluding carboxylic acids is 2. The molecule has 27 heavy (non-hydrogen) atoms. The van der Waals surface area contributed by atoms with Gasteiger partial charge in [0, 0.05) is 43.8 Å². The topological polar surface area (TPSA) is 90.9 Å². The monoisotopic (exact) mass is 371 g/mol. The van der Waals surface area contributed by atoms with Crippen molar-refractivity contribution in [3.63, 3.8) is 0 Å². The van der Waals surface area contributed by atoms with E-state index in [-0.39, 0.29) is 18.0 Å². The predicted molar refractivity (Wildman–Crippen MR) is 95.9 cm³/mol. The van der Waals surface area contributed by atoms with Gasteiger partial charge in [0.15, 0.2) is 0 Å². The molecule has 2 heterocycles. The SMILES string of the molecule is COC(=O)c1ccc(C(=O)N2CCC(Oc3ccnc(OC)n3)CC2)cc1. The van der Waals surface area contributed by atoms with Gasteiger partial charge in [-0.05, 0) is 24.3 Å². The maximum absolute atomic E-state index is 12.6. The van der Waals surface area contributed by atoms with Crippen LogP contribution in [0.1, 0.15) is 33.6 Å². The first-order valence-electron chi connectivity index (χ1n) is 8.62. The molecule has 0 bridgehead atoms. The summed E-state index contributed by atoms with van der Waals surface area (Å²) in [7, 11) is 2.83. The van der Waals surface area contributed by atoms with Crippen LogP contribution in [0.4, 0.5) is 0 Å². The number of aromatic nitrogens is 2. The normalized spacial score (nSPS) is 14.5. The second kappa shape index (κ2) is 8.48. The molecule has 1 fully saturated rings. The predicted octanol–water partition coefficient (Wildman–Crippen LogP) is 1.96.